The summed E-state index contributed by atoms with van der Waals surface area (Å²) in [5, 5.41) is 14.5. The molecule has 0 bridgehead atoms. The Hall–Kier alpha value is -2.89. The minimum atomic E-state index is -0.176. The van der Waals surface area contributed by atoms with Crippen LogP contribution in [-0.2, 0) is 5.41 Å². The van der Waals surface area contributed by atoms with Gasteiger partial charge in [-0.3, -0.25) is 4.79 Å². The summed E-state index contributed by atoms with van der Waals surface area (Å²) >= 11 is 0. The minimum absolute atomic E-state index is 0.166. The van der Waals surface area contributed by atoms with E-state index in [0.29, 0.717) is 16.3 Å². The molecule has 0 aliphatic heterocycles. The van der Waals surface area contributed by atoms with Gasteiger partial charge in [0.2, 0.25) is 0 Å². The Morgan fingerprint density at radius 2 is 1.96 bits per heavy atom. The number of nitrogens with one attached hydrogen (secondary N) is 2. The van der Waals surface area contributed by atoms with Crippen LogP contribution in [0.2, 0.25) is 0 Å². The first-order valence-electron chi connectivity index (χ1n) is 7.42. The van der Waals surface area contributed by atoms with E-state index in [-0.39, 0.29) is 11.0 Å². The van der Waals surface area contributed by atoms with E-state index in [1.807, 2.05) is 6.07 Å². The normalized spacial score (nSPS) is 12.5. The lowest BCUT2D eigenvalue weighted by atomic mass is 9.96. The standard InChI is InChI=1S/C17H16N4O2/c1-17(2,3)16-19-13-10-4-6-18-15(22)12(10)9-5-7-21(23)8-11(9)14(13)20-16/h4-8H,1-3H3,(H,18,22)(H,19,20). The van der Waals surface area contributed by atoms with Gasteiger partial charge in [0.15, 0.2) is 12.4 Å². The molecule has 4 rings (SSSR count). The quantitative estimate of drug-likeness (QED) is 0.297. The Bertz CT molecular complexity index is 1130. The van der Waals surface area contributed by atoms with Crippen LogP contribution < -0.4 is 10.3 Å². The highest BCUT2D eigenvalue weighted by molar-refractivity contribution is 6.22. The lowest BCUT2D eigenvalue weighted by Gasteiger charge is -2.13. The van der Waals surface area contributed by atoms with E-state index in [4.69, 9.17) is 4.98 Å². The third-order valence-corrected chi connectivity index (χ3v) is 4.10. The number of fused-ring (bicyclic) bond motifs is 6. The Balaban J connectivity index is 2.35. The summed E-state index contributed by atoms with van der Waals surface area (Å²) in [5.41, 5.74) is 1.16. The number of rotatable bonds is 0. The molecule has 1 aromatic carbocycles. The minimum Gasteiger partial charge on any atom is -0.619 e. The smallest absolute Gasteiger partial charge is 0.256 e. The zero-order valence-electron chi connectivity index (χ0n) is 13.1. The van der Waals surface area contributed by atoms with Crippen LogP contribution in [0.1, 0.15) is 26.6 Å². The highest BCUT2D eigenvalue weighted by Gasteiger charge is 2.22. The first-order valence-corrected chi connectivity index (χ1v) is 7.42. The van der Waals surface area contributed by atoms with Gasteiger partial charge in [-0.1, -0.05) is 20.8 Å². The Morgan fingerprint density at radius 3 is 2.70 bits per heavy atom. The second-order valence-electron chi connectivity index (χ2n) is 6.79. The summed E-state index contributed by atoms with van der Waals surface area (Å²) in [7, 11) is 0. The van der Waals surface area contributed by atoms with Crippen molar-refractivity contribution in [3.63, 3.8) is 0 Å². The molecule has 3 heterocycles. The van der Waals surface area contributed by atoms with Crippen LogP contribution in [0.25, 0.3) is 32.6 Å². The molecule has 0 amide bonds. The van der Waals surface area contributed by atoms with Crippen molar-refractivity contribution in [2.75, 3.05) is 0 Å². The van der Waals surface area contributed by atoms with E-state index in [1.165, 1.54) is 12.4 Å². The molecular formula is C17H16N4O2. The maximum absolute atomic E-state index is 12.4. The van der Waals surface area contributed by atoms with Crippen molar-refractivity contribution in [1.29, 1.82) is 0 Å². The first-order chi connectivity index (χ1) is 10.9. The summed E-state index contributed by atoms with van der Waals surface area (Å²) in [4.78, 5) is 23.1. The molecule has 116 valence electrons. The number of H-pyrrole nitrogens is 2. The lowest BCUT2D eigenvalue weighted by molar-refractivity contribution is -0.603. The fourth-order valence-corrected chi connectivity index (χ4v) is 2.96. The summed E-state index contributed by atoms with van der Waals surface area (Å²) in [6, 6.07) is 3.53. The first kappa shape index (κ1) is 13.8. The van der Waals surface area contributed by atoms with Crippen molar-refractivity contribution in [2.24, 2.45) is 0 Å². The van der Waals surface area contributed by atoms with E-state index in [0.717, 1.165) is 26.8 Å². The molecule has 0 aliphatic rings. The highest BCUT2D eigenvalue weighted by atomic mass is 16.5. The molecule has 0 saturated heterocycles. The van der Waals surface area contributed by atoms with Gasteiger partial charge >= 0.3 is 0 Å². The number of aromatic amines is 2. The maximum atomic E-state index is 12.4. The number of pyridine rings is 2. The fourth-order valence-electron chi connectivity index (χ4n) is 2.96. The number of benzene rings is 1. The predicted molar refractivity (Wildman–Crippen MR) is 89.4 cm³/mol. The van der Waals surface area contributed by atoms with Crippen LogP contribution in [0.5, 0.6) is 0 Å². The molecule has 6 heteroatoms. The van der Waals surface area contributed by atoms with Crippen molar-refractivity contribution in [2.45, 2.75) is 26.2 Å². The van der Waals surface area contributed by atoms with Crippen molar-refractivity contribution in [1.82, 2.24) is 15.0 Å². The Morgan fingerprint density at radius 1 is 1.17 bits per heavy atom. The van der Waals surface area contributed by atoms with Crippen LogP contribution in [-0.4, -0.2) is 15.0 Å². The fraction of sp³-hybridized carbons (Fsp3) is 0.235. The second kappa shape index (κ2) is 4.32. The predicted octanol–water partition coefficient (Wildman–Crippen LogP) is 2.49. The Kier molecular flexibility index (Phi) is 2.58. The van der Waals surface area contributed by atoms with Crippen LogP contribution in [0, 0.1) is 5.21 Å². The molecule has 2 N–H and O–H groups in total. The van der Waals surface area contributed by atoms with Gasteiger partial charge in [0, 0.05) is 28.5 Å². The van der Waals surface area contributed by atoms with Crippen molar-refractivity contribution < 1.29 is 4.73 Å². The van der Waals surface area contributed by atoms with Crippen molar-refractivity contribution in [3.05, 3.63) is 52.1 Å². The SMILES string of the molecule is CC(C)(C)c1nc2c3c[n+]([O-])ccc3c3c(=O)[nH]ccc3c2[nH]1. The maximum Gasteiger partial charge on any atom is 0.256 e. The third-order valence-electron chi connectivity index (χ3n) is 4.10. The monoisotopic (exact) mass is 308 g/mol. The summed E-state index contributed by atoms with van der Waals surface area (Å²) in [6.07, 6.45) is 4.50. The van der Waals surface area contributed by atoms with Gasteiger partial charge in [-0.05, 0) is 6.07 Å². The van der Waals surface area contributed by atoms with Crippen molar-refractivity contribution >= 4 is 32.6 Å². The summed E-state index contributed by atoms with van der Waals surface area (Å²) in [6.45, 7) is 6.20. The van der Waals surface area contributed by atoms with Gasteiger partial charge < -0.3 is 15.2 Å². The van der Waals surface area contributed by atoms with Gasteiger partial charge in [-0.15, -0.1) is 0 Å². The zero-order chi connectivity index (χ0) is 16.4. The van der Waals surface area contributed by atoms with Crippen molar-refractivity contribution in [3.8, 4) is 0 Å². The zero-order valence-corrected chi connectivity index (χ0v) is 13.1. The molecule has 23 heavy (non-hydrogen) atoms. The number of hydrogen-bond donors (Lipinski definition) is 2. The second-order valence-corrected chi connectivity index (χ2v) is 6.79. The summed E-state index contributed by atoms with van der Waals surface area (Å²) < 4.78 is 0.732. The van der Waals surface area contributed by atoms with E-state index >= 15 is 0 Å². The van der Waals surface area contributed by atoms with Gasteiger partial charge in [0.05, 0.1) is 16.3 Å². The van der Waals surface area contributed by atoms with Crippen LogP contribution in [0.4, 0.5) is 0 Å². The number of aromatic nitrogens is 4. The van der Waals surface area contributed by atoms with E-state index in [2.05, 4.69) is 30.7 Å². The average molecular weight is 308 g/mol. The molecule has 0 fully saturated rings. The average Bonchev–Trinajstić information content (AvgIpc) is 2.93. The molecule has 3 aromatic heterocycles. The molecule has 0 spiro atoms. The Labute approximate surface area is 131 Å². The van der Waals surface area contributed by atoms with Gasteiger partial charge in [0.1, 0.15) is 11.3 Å². The third kappa shape index (κ3) is 1.91. The van der Waals surface area contributed by atoms with E-state index in [1.54, 1.807) is 12.3 Å². The van der Waals surface area contributed by atoms with Crippen LogP contribution in [0.3, 0.4) is 0 Å². The highest BCUT2D eigenvalue weighted by Crippen LogP contribution is 2.33. The molecular weight excluding hydrogens is 292 g/mol. The lowest BCUT2D eigenvalue weighted by Crippen LogP contribution is -2.24. The van der Waals surface area contributed by atoms with Gasteiger partial charge in [-0.2, -0.15) is 4.73 Å². The molecule has 0 saturated carbocycles. The molecule has 6 nitrogen and oxygen atoms in total. The van der Waals surface area contributed by atoms with Crippen LogP contribution in [0.15, 0.2) is 35.5 Å². The molecule has 4 aromatic rings. The van der Waals surface area contributed by atoms with Gasteiger partial charge in [0.25, 0.3) is 5.56 Å². The number of nitrogens with zero attached hydrogens (tertiary/aromatic N) is 2. The van der Waals surface area contributed by atoms with E-state index in [9.17, 15) is 10.0 Å². The van der Waals surface area contributed by atoms with Crippen LogP contribution >= 0.6 is 0 Å². The number of hydrogen-bond acceptors (Lipinski definition) is 3. The summed E-state index contributed by atoms with van der Waals surface area (Å²) in [5.74, 6) is 0.822. The topological polar surface area (TPSA) is 88.5 Å². The van der Waals surface area contributed by atoms with E-state index < -0.39 is 0 Å². The molecule has 0 unspecified atom stereocenters. The van der Waals surface area contributed by atoms with Gasteiger partial charge in [-0.25, -0.2) is 4.98 Å². The molecule has 0 aliphatic carbocycles. The number of imidazole rings is 1. The molecule has 0 radical (unpaired) electrons. The largest absolute Gasteiger partial charge is 0.619 e. The molecule has 0 atom stereocenters.